The normalized spacial score (nSPS) is 18.8. The molecule has 1 fully saturated rings. The number of fused-ring (bicyclic) bond motifs is 1. The number of hydrogen-bond acceptors (Lipinski definition) is 2. The van der Waals surface area contributed by atoms with Gasteiger partial charge in [-0.2, -0.15) is 0 Å². The van der Waals surface area contributed by atoms with Gasteiger partial charge in [0.15, 0.2) is 0 Å². The molecule has 1 heterocycles. The summed E-state index contributed by atoms with van der Waals surface area (Å²) in [5.74, 6) is -0.100. The standard InChI is InChI=1S/C16H19NO3/c1-10(18)17-7-6-12-4-5-13(8-15(12)17)14(9-16(19)20)11-2-3-11/h4-5,8,11,14H,2-3,6-7,9H2,1H3,(H,19,20). The van der Waals surface area contributed by atoms with E-state index in [2.05, 4.69) is 6.07 Å². The molecular weight excluding hydrogens is 254 g/mol. The van der Waals surface area contributed by atoms with E-state index in [9.17, 15) is 9.59 Å². The Bertz CT molecular complexity index is 563. The third kappa shape index (κ3) is 2.42. The molecule has 4 nitrogen and oxygen atoms in total. The van der Waals surface area contributed by atoms with Crippen LogP contribution in [0.2, 0.25) is 0 Å². The molecule has 0 spiro atoms. The lowest BCUT2D eigenvalue weighted by Gasteiger charge is -2.19. The maximum atomic E-state index is 11.6. The van der Waals surface area contributed by atoms with Crippen molar-refractivity contribution in [1.82, 2.24) is 0 Å². The number of hydrogen-bond donors (Lipinski definition) is 1. The molecule has 3 rings (SSSR count). The topological polar surface area (TPSA) is 57.6 Å². The van der Waals surface area contributed by atoms with E-state index in [1.165, 1.54) is 5.56 Å². The van der Waals surface area contributed by atoms with Crippen molar-refractivity contribution in [2.24, 2.45) is 5.92 Å². The Labute approximate surface area is 118 Å². The van der Waals surface area contributed by atoms with Crippen LogP contribution < -0.4 is 4.90 Å². The molecule has 1 aliphatic carbocycles. The van der Waals surface area contributed by atoms with Crippen molar-refractivity contribution < 1.29 is 14.7 Å². The summed E-state index contributed by atoms with van der Waals surface area (Å²) in [4.78, 5) is 24.5. The van der Waals surface area contributed by atoms with Gasteiger partial charge in [0, 0.05) is 19.2 Å². The van der Waals surface area contributed by atoms with E-state index in [4.69, 9.17) is 5.11 Å². The number of carboxylic acid groups (broad SMARTS) is 1. The summed E-state index contributed by atoms with van der Waals surface area (Å²) < 4.78 is 0. The van der Waals surface area contributed by atoms with Crippen molar-refractivity contribution in [1.29, 1.82) is 0 Å². The number of benzene rings is 1. The van der Waals surface area contributed by atoms with E-state index in [1.54, 1.807) is 11.8 Å². The zero-order valence-electron chi connectivity index (χ0n) is 11.6. The van der Waals surface area contributed by atoms with Crippen molar-refractivity contribution in [2.75, 3.05) is 11.4 Å². The molecule has 0 saturated heterocycles. The van der Waals surface area contributed by atoms with E-state index >= 15 is 0 Å². The summed E-state index contributed by atoms with van der Waals surface area (Å²) in [5, 5.41) is 9.09. The molecule has 2 aliphatic rings. The van der Waals surface area contributed by atoms with Crippen LogP contribution in [0.1, 0.15) is 43.2 Å². The van der Waals surface area contributed by atoms with Gasteiger partial charge in [-0.05, 0) is 48.3 Å². The molecule has 0 bridgehead atoms. The Morgan fingerprint density at radius 3 is 2.75 bits per heavy atom. The van der Waals surface area contributed by atoms with E-state index in [0.29, 0.717) is 5.92 Å². The molecule has 1 aromatic rings. The first-order valence-electron chi connectivity index (χ1n) is 7.19. The molecule has 4 heteroatoms. The van der Waals surface area contributed by atoms with Crippen LogP contribution in [0.5, 0.6) is 0 Å². The van der Waals surface area contributed by atoms with Gasteiger partial charge in [-0.15, -0.1) is 0 Å². The third-order valence-corrected chi connectivity index (χ3v) is 4.40. The van der Waals surface area contributed by atoms with E-state index in [1.807, 2.05) is 12.1 Å². The molecule has 1 saturated carbocycles. The third-order valence-electron chi connectivity index (χ3n) is 4.40. The molecular formula is C16H19NO3. The summed E-state index contributed by atoms with van der Waals surface area (Å²) in [6.45, 7) is 2.32. The Balaban J connectivity index is 1.92. The van der Waals surface area contributed by atoms with Crippen LogP contribution in [-0.2, 0) is 16.0 Å². The summed E-state index contributed by atoms with van der Waals surface area (Å²) >= 11 is 0. The maximum Gasteiger partial charge on any atom is 0.303 e. The van der Waals surface area contributed by atoms with Crippen LogP contribution in [0.25, 0.3) is 0 Å². The molecule has 1 aliphatic heterocycles. The fourth-order valence-corrected chi connectivity index (χ4v) is 3.20. The molecule has 1 atom stereocenters. The number of amides is 1. The second-order valence-electron chi connectivity index (χ2n) is 5.85. The zero-order chi connectivity index (χ0) is 14.3. The average molecular weight is 273 g/mol. The molecule has 20 heavy (non-hydrogen) atoms. The minimum Gasteiger partial charge on any atom is -0.481 e. The Morgan fingerprint density at radius 2 is 2.15 bits per heavy atom. The highest BCUT2D eigenvalue weighted by atomic mass is 16.4. The van der Waals surface area contributed by atoms with Crippen LogP contribution in [0.3, 0.4) is 0 Å². The summed E-state index contributed by atoms with van der Waals surface area (Å²) in [6.07, 6.45) is 3.31. The van der Waals surface area contributed by atoms with Gasteiger partial charge in [0.25, 0.3) is 0 Å². The van der Waals surface area contributed by atoms with Gasteiger partial charge in [0.05, 0.1) is 6.42 Å². The fraction of sp³-hybridized carbons (Fsp3) is 0.500. The van der Waals surface area contributed by atoms with Crippen LogP contribution in [0.15, 0.2) is 18.2 Å². The quantitative estimate of drug-likeness (QED) is 0.917. The minimum absolute atomic E-state index is 0.0575. The highest BCUT2D eigenvalue weighted by Gasteiger charge is 2.34. The highest BCUT2D eigenvalue weighted by Crippen LogP contribution is 2.45. The SMILES string of the molecule is CC(=O)N1CCc2ccc(C(CC(=O)O)C3CC3)cc21. The predicted octanol–water partition coefficient (Wildman–Crippen LogP) is 2.56. The number of carbonyl (C=O) groups is 2. The monoisotopic (exact) mass is 273 g/mol. The number of carbonyl (C=O) groups excluding carboxylic acids is 1. The van der Waals surface area contributed by atoms with Gasteiger partial charge < -0.3 is 10.0 Å². The van der Waals surface area contributed by atoms with Crippen LogP contribution in [0, 0.1) is 5.92 Å². The lowest BCUT2D eigenvalue weighted by molar-refractivity contribution is -0.137. The minimum atomic E-state index is -0.745. The first-order chi connectivity index (χ1) is 9.56. The first kappa shape index (κ1) is 13.2. The molecule has 1 unspecified atom stereocenters. The van der Waals surface area contributed by atoms with Crippen molar-refractivity contribution in [2.45, 2.75) is 38.5 Å². The Hall–Kier alpha value is -1.84. The van der Waals surface area contributed by atoms with Crippen molar-refractivity contribution in [3.63, 3.8) is 0 Å². The molecule has 1 N–H and O–H groups in total. The van der Waals surface area contributed by atoms with Gasteiger partial charge in [0.1, 0.15) is 0 Å². The Kier molecular flexibility index (Phi) is 3.24. The zero-order valence-corrected chi connectivity index (χ0v) is 11.6. The molecule has 1 aromatic carbocycles. The molecule has 1 amide bonds. The highest BCUT2D eigenvalue weighted by molar-refractivity contribution is 5.93. The number of anilines is 1. The largest absolute Gasteiger partial charge is 0.481 e. The van der Waals surface area contributed by atoms with Crippen LogP contribution >= 0.6 is 0 Å². The number of aliphatic carboxylic acids is 1. The lowest BCUT2D eigenvalue weighted by atomic mass is 9.90. The summed E-state index contributed by atoms with van der Waals surface area (Å²) in [5.41, 5.74) is 3.24. The fourth-order valence-electron chi connectivity index (χ4n) is 3.20. The smallest absolute Gasteiger partial charge is 0.303 e. The second kappa shape index (κ2) is 4.93. The van der Waals surface area contributed by atoms with Crippen molar-refractivity contribution in [3.8, 4) is 0 Å². The van der Waals surface area contributed by atoms with Gasteiger partial charge in [0.2, 0.25) is 5.91 Å². The first-order valence-corrected chi connectivity index (χ1v) is 7.19. The van der Waals surface area contributed by atoms with Gasteiger partial charge >= 0.3 is 5.97 Å². The van der Waals surface area contributed by atoms with Gasteiger partial charge in [-0.3, -0.25) is 9.59 Å². The number of nitrogens with zero attached hydrogens (tertiary/aromatic N) is 1. The van der Waals surface area contributed by atoms with Crippen molar-refractivity contribution >= 4 is 17.6 Å². The second-order valence-corrected chi connectivity index (χ2v) is 5.85. The summed E-state index contributed by atoms with van der Waals surface area (Å²) in [7, 11) is 0. The average Bonchev–Trinajstić information content (AvgIpc) is 3.14. The Morgan fingerprint density at radius 1 is 1.40 bits per heavy atom. The van der Waals surface area contributed by atoms with Crippen LogP contribution in [-0.4, -0.2) is 23.5 Å². The van der Waals surface area contributed by atoms with Crippen molar-refractivity contribution in [3.05, 3.63) is 29.3 Å². The lowest BCUT2D eigenvalue weighted by Crippen LogP contribution is -2.25. The number of rotatable bonds is 4. The van der Waals surface area contributed by atoms with E-state index in [-0.39, 0.29) is 18.2 Å². The molecule has 0 radical (unpaired) electrons. The van der Waals surface area contributed by atoms with E-state index < -0.39 is 5.97 Å². The van der Waals surface area contributed by atoms with Gasteiger partial charge in [-0.25, -0.2) is 0 Å². The van der Waals surface area contributed by atoms with E-state index in [0.717, 1.165) is 37.1 Å². The number of carboxylic acids is 1. The van der Waals surface area contributed by atoms with Gasteiger partial charge in [-0.1, -0.05) is 12.1 Å². The predicted molar refractivity (Wildman–Crippen MR) is 75.9 cm³/mol. The summed E-state index contributed by atoms with van der Waals surface area (Å²) in [6, 6.07) is 6.15. The van der Waals surface area contributed by atoms with Crippen LogP contribution in [0.4, 0.5) is 5.69 Å². The molecule has 0 aromatic heterocycles. The maximum absolute atomic E-state index is 11.6. The molecule has 106 valence electrons.